The van der Waals surface area contributed by atoms with Gasteiger partial charge in [-0.25, -0.2) is 4.98 Å². The number of aromatic nitrogens is 1. The average molecular weight is 253 g/mol. The molecular weight excluding hydrogens is 232 g/mol. The Hall–Kier alpha value is -0.600. The average Bonchev–Trinajstić information content (AvgIpc) is 2.54. The monoisotopic (exact) mass is 252 g/mol. The predicted molar refractivity (Wildman–Crippen MR) is 72.2 cm³/mol. The van der Waals surface area contributed by atoms with Crippen molar-refractivity contribution in [2.75, 3.05) is 13.1 Å². The molecule has 17 heavy (non-hydrogen) atoms. The third-order valence-corrected chi connectivity index (χ3v) is 3.89. The van der Waals surface area contributed by atoms with Crippen molar-refractivity contribution in [3.8, 4) is 0 Å². The molecule has 1 aliphatic rings. The van der Waals surface area contributed by atoms with E-state index in [-0.39, 0.29) is 0 Å². The second-order valence-electron chi connectivity index (χ2n) is 4.93. The van der Waals surface area contributed by atoms with Crippen LogP contribution in [0.3, 0.4) is 0 Å². The molecule has 1 unspecified atom stereocenters. The van der Waals surface area contributed by atoms with Gasteiger partial charge in [-0.3, -0.25) is 4.90 Å². The van der Waals surface area contributed by atoms with Gasteiger partial charge in [0.1, 0.15) is 5.15 Å². The Morgan fingerprint density at radius 1 is 1.35 bits per heavy atom. The van der Waals surface area contributed by atoms with E-state index in [0.29, 0.717) is 5.15 Å². The Morgan fingerprint density at radius 2 is 2.24 bits per heavy atom. The summed E-state index contributed by atoms with van der Waals surface area (Å²) in [5.74, 6) is 0.923. The Kier molecular flexibility index (Phi) is 4.81. The minimum Gasteiger partial charge on any atom is -0.298 e. The van der Waals surface area contributed by atoms with Gasteiger partial charge in [-0.1, -0.05) is 31.0 Å². The van der Waals surface area contributed by atoms with Crippen molar-refractivity contribution in [3.63, 3.8) is 0 Å². The molecule has 1 aromatic rings. The van der Waals surface area contributed by atoms with Crippen LogP contribution in [-0.4, -0.2) is 23.0 Å². The van der Waals surface area contributed by atoms with Gasteiger partial charge in [0, 0.05) is 6.54 Å². The highest BCUT2D eigenvalue weighted by Crippen LogP contribution is 2.21. The summed E-state index contributed by atoms with van der Waals surface area (Å²) in [5.41, 5.74) is 1.09. The van der Waals surface area contributed by atoms with Crippen LogP contribution in [0.25, 0.3) is 0 Å². The summed E-state index contributed by atoms with van der Waals surface area (Å²) in [6.07, 6.45) is 5.36. The normalized spacial score (nSPS) is 22.4. The first-order chi connectivity index (χ1) is 8.28. The molecule has 2 nitrogen and oxygen atoms in total. The number of halogens is 1. The fraction of sp³-hybridized carbons (Fsp3) is 0.643. The van der Waals surface area contributed by atoms with Crippen LogP contribution < -0.4 is 0 Å². The maximum atomic E-state index is 5.91. The molecule has 0 aromatic carbocycles. The number of nitrogens with zero attached hydrogens (tertiary/aromatic N) is 2. The van der Waals surface area contributed by atoms with Crippen molar-refractivity contribution in [1.82, 2.24) is 9.88 Å². The van der Waals surface area contributed by atoms with Crippen LogP contribution in [0.1, 0.15) is 38.3 Å². The fourth-order valence-corrected chi connectivity index (χ4v) is 2.74. The van der Waals surface area contributed by atoms with Crippen LogP contribution in [0.2, 0.25) is 5.15 Å². The van der Waals surface area contributed by atoms with Gasteiger partial charge in [0.25, 0.3) is 0 Å². The largest absolute Gasteiger partial charge is 0.298 e. The Morgan fingerprint density at radius 3 is 3.00 bits per heavy atom. The lowest BCUT2D eigenvalue weighted by atomic mass is 9.98. The number of rotatable bonds is 3. The third-order valence-electron chi connectivity index (χ3n) is 3.68. The van der Waals surface area contributed by atoms with E-state index in [1.807, 2.05) is 12.1 Å². The van der Waals surface area contributed by atoms with Gasteiger partial charge in [0.15, 0.2) is 0 Å². The number of hydrogen-bond acceptors (Lipinski definition) is 2. The van der Waals surface area contributed by atoms with Crippen LogP contribution in [0.15, 0.2) is 18.2 Å². The molecule has 0 spiro atoms. The first-order valence-electron chi connectivity index (χ1n) is 6.61. The van der Waals surface area contributed by atoms with E-state index in [1.54, 1.807) is 0 Å². The first-order valence-corrected chi connectivity index (χ1v) is 6.99. The second kappa shape index (κ2) is 6.36. The molecule has 2 heterocycles. The summed E-state index contributed by atoms with van der Waals surface area (Å²) < 4.78 is 0. The zero-order chi connectivity index (χ0) is 12.1. The maximum absolute atomic E-state index is 5.91. The lowest BCUT2D eigenvalue weighted by molar-refractivity contribution is 0.269. The van der Waals surface area contributed by atoms with Gasteiger partial charge < -0.3 is 0 Å². The van der Waals surface area contributed by atoms with E-state index in [2.05, 4.69) is 22.9 Å². The summed E-state index contributed by atoms with van der Waals surface area (Å²) in [7, 11) is 0. The molecule has 0 amide bonds. The van der Waals surface area contributed by atoms with Crippen molar-refractivity contribution < 1.29 is 0 Å². The summed E-state index contributed by atoms with van der Waals surface area (Å²) in [5, 5.41) is 0.601. The summed E-state index contributed by atoms with van der Waals surface area (Å²) in [6.45, 7) is 5.65. The van der Waals surface area contributed by atoms with E-state index >= 15 is 0 Å². The molecule has 0 radical (unpaired) electrons. The molecule has 1 fully saturated rings. The molecule has 0 aliphatic carbocycles. The lowest BCUT2D eigenvalue weighted by Gasteiger charge is -2.19. The third kappa shape index (κ3) is 3.97. The minimum atomic E-state index is 0.601. The molecule has 94 valence electrons. The Balaban J connectivity index is 1.90. The van der Waals surface area contributed by atoms with Crippen LogP contribution >= 0.6 is 11.6 Å². The van der Waals surface area contributed by atoms with Gasteiger partial charge in [-0.15, -0.1) is 0 Å². The van der Waals surface area contributed by atoms with Crippen LogP contribution in [0, 0.1) is 5.92 Å². The molecular formula is C14H21ClN2. The van der Waals surface area contributed by atoms with Gasteiger partial charge in [-0.2, -0.15) is 0 Å². The molecule has 0 N–H and O–H groups in total. The highest BCUT2D eigenvalue weighted by molar-refractivity contribution is 6.29. The maximum Gasteiger partial charge on any atom is 0.129 e. The summed E-state index contributed by atoms with van der Waals surface area (Å²) in [4.78, 5) is 6.87. The van der Waals surface area contributed by atoms with Crippen molar-refractivity contribution in [1.29, 1.82) is 0 Å². The van der Waals surface area contributed by atoms with Gasteiger partial charge >= 0.3 is 0 Å². The molecule has 0 saturated carbocycles. The number of hydrogen-bond donors (Lipinski definition) is 0. The Labute approximate surface area is 109 Å². The van der Waals surface area contributed by atoms with Crippen molar-refractivity contribution in [2.45, 2.75) is 39.2 Å². The lowest BCUT2D eigenvalue weighted by Crippen LogP contribution is -2.24. The molecule has 1 aromatic heterocycles. The van der Waals surface area contributed by atoms with E-state index in [4.69, 9.17) is 11.6 Å². The van der Waals surface area contributed by atoms with Crippen LogP contribution in [0.5, 0.6) is 0 Å². The number of likely N-dealkylation sites (tertiary alicyclic amines) is 1. The predicted octanol–water partition coefficient (Wildman–Crippen LogP) is 3.75. The van der Waals surface area contributed by atoms with Crippen LogP contribution in [-0.2, 0) is 6.54 Å². The molecule has 0 bridgehead atoms. The van der Waals surface area contributed by atoms with Crippen LogP contribution in [0.4, 0.5) is 0 Å². The number of pyridine rings is 1. The van der Waals surface area contributed by atoms with E-state index < -0.39 is 0 Å². The highest BCUT2D eigenvalue weighted by atomic mass is 35.5. The fourth-order valence-electron chi connectivity index (χ4n) is 2.56. The van der Waals surface area contributed by atoms with Crippen molar-refractivity contribution >= 4 is 11.6 Å². The van der Waals surface area contributed by atoms with E-state index in [0.717, 1.165) is 18.2 Å². The smallest absolute Gasteiger partial charge is 0.129 e. The van der Waals surface area contributed by atoms with Gasteiger partial charge in [0.2, 0.25) is 0 Å². The quantitative estimate of drug-likeness (QED) is 0.762. The SMILES string of the molecule is CCC1CCCN(Cc2cccc(Cl)n2)CC1. The van der Waals surface area contributed by atoms with Gasteiger partial charge in [-0.05, 0) is 50.4 Å². The first kappa shape index (κ1) is 12.8. The van der Waals surface area contributed by atoms with E-state index in [1.165, 1.54) is 38.8 Å². The van der Waals surface area contributed by atoms with Crippen molar-refractivity contribution in [3.05, 3.63) is 29.0 Å². The molecule has 2 rings (SSSR count). The van der Waals surface area contributed by atoms with Gasteiger partial charge in [0.05, 0.1) is 5.69 Å². The molecule has 1 aliphatic heterocycles. The molecule has 1 saturated heterocycles. The topological polar surface area (TPSA) is 16.1 Å². The standard InChI is InChI=1S/C14H21ClN2/c1-2-12-5-4-9-17(10-8-12)11-13-6-3-7-14(15)16-13/h3,6-7,12H,2,4-5,8-11H2,1H3. The molecule has 3 heteroatoms. The van der Waals surface area contributed by atoms with Crippen molar-refractivity contribution in [2.24, 2.45) is 5.92 Å². The highest BCUT2D eigenvalue weighted by Gasteiger charge is 2.15. The van der Waals surface area contributed by atoms with E-state index in [9.17, 15) is 0 Å². The Bertz CT molecular complexity index is 354. The zero-order valence-corrected chi connectivity index (χ0v) is 11.3. The molecule has 1 atom stereocenters. The second-order valence-corrected chi connectivity index (χ2v) is 5.32. The zero-order valence-electron chi connectivity index (χ0n) is 10.5. The minimum absolute atomic E-state index is 0.601. The summed E-state index contributed by atoms with van der Waals surface area (Å²) >= 11 is 5.91. The summed E-state index contributed by atoms with van der Waals surface area (Å²) in [6, 6.07) is 5.88.